The number of carbonyl (C=O) groups excluding carboxylic acids is 1. The molecule has 0 atom stereocenters. The number of ether oxygens (including phenoxy) is 1. The van der Waals surface area contributed by atoms with E-state index in [2.05, 4.69) is 0 Å². The Morgan fingerprint density at radius 3 is 2.59 bits per heavy atom. The molecule has 0 aliphatic rings. The highest BCUT2D eigenvalue weighted by molar-refractivity contribution is 5.94. The molecule has 0 heterocycles. The van der Waals surface area contributed by atoms with Crippen molar-refractivity contribution < 1.29 is 28.2 Å². The second kappa shape index (κ2) is 5.78. The molecular weight excluding hydrogens is 236 g/mol. The Morgan fingerprint density at radius 2 is 2.00 bits per heavy atom. The molecule has 0 spiro atoms. The SMILES string of the molecule is O=C(O)COc1ccccc1NC(=O)C(F)F. The minimum absolute atomic E-state index is 0.000880. The number of benzene rings is 1. The first-order valence-corrected chi connectivity index (χ1v) is 4.53. The molecular formula is C10H9F2NO4. The number of alkyl halides is 2. The number of aliphatic carboxylic acids is 1. The summed E-state index contributed by atoms with van der Waals surface area (Å²) >= 11 is 0. The molecule has 0 fully saturated rings. The molecule has 92 valence electrons. The van der Waals surface area contributed by atoms with E-state index in [0.717, 1.165) is 0 Å². The molecule has 7 heteroatoms. The number of nitrogens with one attached hydrogen (secondary N) is 1. The molecule has 5 nitrogen and oxygen atoms in total. The van der Waals surface area contributed by atoms with Crippen LogP contribution < -0.4 is 10.1 Å². The van der Waals surface area contributed by atoms with Gasteiger partial charge in [-0.3, -0.25) is 4.79 Å². The van der Waals surface area contributed by atoms with Gasteiger partial charge in [0.1, 0.15) is 5.75 Å². The molecule has 0 bridgehead atoms. The smallest absolute Gasteiger partial charge is 0.341 e. The number of carboxylic acid groups (broad SMARTS) is 1. The summed E-state index contributed by atoms with van der Waals surface area (Å²) in [6.07, 6.45) is -3.15. The van der Waals surface area contributed by atoms with Crippen molar-refractivity contribution in [1.82, 2.24) is 0 Å². The third-order valence-electron chi connectivity index (χ3n) is 1.69. The Hall–Kier alpha value is -2.18. The lowest BCUT2D eigenvalue weighted by molar-refractivity contribution is -0.139. The standard InChI is InChI=1S/C10H9F2NO4/c11-9(12)10(16)13-6-3-1-2-4-7(6)17-5-8(14)15/h1-4,9H,5H2,(H,13,16)(H,14,15). The average molecular weight is 245 g/mol. The van der Waals surface area contributed by atoms with Crippen LogP contribution in [0.15, 0.2) is 24.3 Å². The van der Waals surface area contributed by atoms with Crippen LogP contribution in [-0.2, 0) is 9.59 Å². The lowest BCUT2D eigenvalue weighted by atomic mass is 10.3. The van der Waals surface area contributed by atoms with E-state index in [1.54, 1.807) is 0 Å². The Morgan fingerprint density at radius 1 is 1.35 bits per heavy atom. The maximum Gasteiger partial charge on any atom is 0.341 e. The quantitative estimate of drug-likeness (QED) is 0.821. The van der Waals surface area contributed by atoms with Gasteiger partial charge in [0.15, 0.2) is 6.61 Å². The molecule has 0 saturated carbocycles. The van der Waals surface area contributed by atoms with Crippen LogP contribution in [0.2, 0.25) is 0 Å². The van der Waals surface area contributed by atoms with Crippen LogP contribution in [0.4, 0.5) is 14.5 Å². The predicted octanol–water partition coefficient (Wildman–Crippen LogP) is 1.35. The molecule has 0 aliphatic carbocycles. The van der Waals surface area contributed by atoms with Gasteiger partial charge in [0, 0.05) is 0 Å². The lowest BCUT2D eigenvalue weighted by Gasteiger charge is -2.10. The fourth-order valence-corrected chi connectivity index (χ4v) is 1.02. The maximum atomic E-state index is 12.0. The van der Waals surface area contributed by atoms with E-state index in [1.165, 1.54) is 24.3 Å². The van der Waals surface area contributed by atoms with Gasteiger partial charge in [0.2, 0.25) is 0 Å². The van der Waals surface area contributed by atoms with Gasteiger partial charge in [-0.15, -0.1) is 0 Å². The molecule has 1 amide bonds. The summed E-state index contributed by atoms with van der Waals surface area (Å²) in [5.41, 5.74) is -0.000880. The summed E-state index contributed by atoms with van der Waals surface area (Å²) in [7, 11) is 0. The number of hydrogen-bond donors (Lipinski definition) is 2. The van der Waals surface area contributed by atoms with Crippen molar-refractivity contribution in [3.8, 4) is 5.75 Å². The third kappa shape index (κ3) is 4.06. The van der Waals surface area contributed by atoms with Crippen molar-refractivity contribution >= 4 is 17.6 Å². The zero-order chi connectivity index (χ0) is 12.8. The number of anilines is 1. The number of para-hydroxylation sites is 2. The van der Waals surface area contributed by atoms with Crippen LogP contribution >= 0.6 is 0 Å². The van der Waals surface area contributed by atoms with Gasteiger partial charge in [0.25, 0.3) is 5.91 Å². The fourth-order valence-electron chi connectivity index (χ4n) is 1.02. The van der Waals surface area contributed by atoms with E-state index < -0.39 is 24.9 Å². The van der Waals surface area contributed by atoms with E-state index in [4.69, 9.17) is 9.84 Å². The van der Waals surface area contributed by atoms with Gasteiger partial charge in [0.05, 0.1) is 5.69 Å². The fraction of sp³-hybridized carbons (Fsp3) is 0.200. The van der Waals surface area contributed by atoms with Crippen LogP contribution in [-0.4, -0.2) is 30.0 Å². The molecule has 0 saturated heterocycles. The Labute approximate surface area is 95.0 Å². The summed E-state index contributed by atoms with van der Waals surface area (Å²) in [5, 5.41) is 10.3. The first-order chi connectivity index (χ1) is 8.00. The first kappa shape index (κ1) is 12.9. The van der Waals surface area contributed by atoms with Gasteiger partial charge in [-0.05, 0) is 12.1 Å². The summed E-state index contributed by atoms with van der Waals surface area (Å²) in [4.78, 5) is 21.1. The summed E-state index contributed by atoms with van der Waals surface area (Å²) < 4.78 is 28.8. The van der Waals surface area contributed by atoms with Gasteiger partial charge in [-0.1, -0.05) is 12.1 Å². The summed E-state index contributed by atoms with van der Waals surface area (Å²) in [5.74, 6) is -2.67. The van der Waals surface area contributed by atoms with Crippen molar-refractivity contribution in [1.29, 1.82) is 0 Å². The topological polar surface area (TPSA) is 75.6 Å². The second-order valence-electron chi connectivity index (χ2n) is 2.97. The van der Waals surface area contributed by atoms with Crippen molar-refractivity contribution in [3.63, 3.8) is 0 Å². The molecule has 1 rings (SSSR count). The summed E-state index contributed by atoms with van der Waals surface area (Å²) in [6.45, 7) is -0.623. The molecule has 17 heavy (non-hydrogen) atoms. The van der Waals surface area contributed by atoms with Gasteiger partial charge in [-0.2, -0.15) is 8.78 Å². The zero-order valence-electron chi connectivity index (χ0n) is 8.52. The van der Waals surface area contributed by atoms with Gasteiger partial charge in [-0.25, -0.2) is 4.79 Å². The number of hydrogen-bond acceptors (Lipinski definition) is 3. The molecule has 1 aromatic carbocycles. The highest BCUT2D eigenvalue weighted by atomic mass is 19.3. The van der Waals surface area contributed by atoms with E-state index >= 15 is 0 Å². The van der Waals surface area contributed by atoms with E-state index in [9.17, 15) is 18.4 Å². The number of halogens is 2. The second-order valence-corrected chi connectivity index (χ2v) is 2.97. The molecule has 2 N–H and O–H groups in total. The largest absolute Gasteiger partial charge is 0.480 e. The lowest BCUT2D eigenvalue weighted by Crippen LogP contribution is -2.21. The van der Waals surface area contributed by atoms with Crippen molar-refractivity contribution in [2.45, 2.75) is 6.43 Å². The Balaban J connectivity index is 2.77. The number of carbonyl (C=O) groups is 2. The molecule has 0 radical (unpaired) electrons. The van der Waals surface area contributed by atoms with E-state index in [-0.39, 0.29) is 11.4 Å². The highest BCUT2D eigenvalue weighted by Gasteiger charge is 2.17. The van der Waals surface area contributed by atoms with E-state index in [0.29, 0.717) is 0 Å². The molecule has 0 unspecified atom stereocenters. The normalized spacial score (nSPS) is 10.1. The predicted molar refractivity (Wildman–Crippen MR) is 54.2 cm³/mol. The van der Waals surface area contributed by atoms with Crippen LogP contribution in [0.5, 0.6) is 5.75 Å². The van der Waals surface area contributed by atoms with Crippen molar-refractivity contribution in [2.24, 2.45) is 0 Å². The van der Waals surface area contributed by atoms with E-state index in [1.807, 2.05) is 5.32 Å². The summed E-state index contributed by atoms with van der Waals surface area (Å²) in [6, 6.07) is 5.71. The Kier molecular flexibility index (Phi) is 4.38. The first-order valence-electron chi connectivity index (χ1n) is 4.53. The van der Waals surface area contributed by atoms with Crippen LogP contribution in [0.1, 0.15) is 0 Å². The number of rotatable bonds is 5. The van der Waals surface area contributed by atoms with Gasteiger partial charge >= 0.3 is 12.4 Å². The van der Waals surface area contributed by atoms with Gasteiger partial charge < -0.3 is 15.2 Å². The monoisotopic (exact) mass is 245 g/mol. The van der Waals surface area contributed by atoms with Crippen LogP contribution in [0.25, 0.3) is 0 Å². The molecule has 0 aliphatic heterocycles. The zero-order valence-corrected chi connectivity index (χ0v) is 8.52. The average Bonchev–Trinajstić information content (AvgIpc) is 2.27. The third-order valence-corrected chi connectivity index (χ3v) is 1.69. The molecule has 1 aromatic rings. The maximum absolute atomic E-state index is 12.0. The van der Waals surface area contributed by atoms with Crippen molar-refractivity contribution in [3.05, 3.63) is 24.3 Å². The van der Waals surface area contributed by atoms with Crippen LogP contribution in [0, 0.1) is 0 Å². The highest BCUT2D eigenvalue weighted by Crippen LogP contribution is 2.23. The van der Waals surface area contributed by atoms with Crippen LogP contribution in [0.3, 0.4) is 0 Å². The molecule has 0 aromatic heterocycles. The number of carboxylic acids is 1. The Bertz CT molecular complexity index is 423. The number of amides is 1. The van der Waals surface area contributed by atoms with Crippen molar-refractivity contribution in [2.75, 3.05) is 11.9 Å². The minimum atomic E-state index is -3.15. The minimum Gasteiger partial charge on any atom is -0.480 e.